The lowest BCUT2D eigenvalue weighted by Gasteiger charge is -2.30. The Morgan fingerprint density at radius 3 is 2.75 bits per heavy atom. The van der Waals surface area contributed by atoms with E-state index >= 15 is 0 Å². The number of H-pyrrole nitrogens is 1. The number of carbonyl (C=O) groups is 3. The van der Waals surface area contributed by atoms with Crippen molar-refractivity contribution in [1.29, 1.82) is 0 Å². The van der Waals surface area contributed by atoms with Gasteiger partial charge in [-0.1, -0.05) is 0 Å². The summed E-state index contributed by atoms with van der Waals surface area (Å²) in [5.74, 6) is -2.37. The first-order chi connectivity index (χ1) is 9.51. The van der Waals surface area contributed by atoms with Gasteiger partial charge >= 0.3 is 5.97 Å². The standard InChI is InChI=1S/C11H12N4O5/c1-20-11(19)6-4-9(17)14-15(5-6)10(18)7-2-3-8(16)13-12-7/h2-3,6H,4-5H2,1H3,(H,13,16)(H,14,17). The van der Waals surface area contributed by atoms with Gasteiger partial charge in [-0.05, 0) is 6.07 Å². The molecule has 1 atom stereocenters. The van der Waals surface area contributed by atoms with Gasteiger partial charge < -0.3 is 4.74 Å². The highest BCUT2D eigenvalue weighted by atomic mass is 16.5. The van der Waals surface area contributed by atoms with E-state index in [9.17, 15) is 19.2 Å². The van der Waals surface area contributed by atoms with Gasteiger partial charge in [0.25, 0.3) is 11.5 Å². The van der Waals surface area contributed by atoms with Gasteiger partial charge in [-0.3, -0.25) is 24.6 Å². The number of hydrogen-bond acceptors (Lipinski definition) is 6. The smallest absolute Gasteiger partial charge is 0.311 e. The highest BCUT2D eigenvalue weighted by molar-refractivity contribution is 5.95. The quantitative estimate of drug-likeness (QED) is 0.632. The number of methoxy groups -OCH3 is 1. The average molecular weight is 280 g/mol. The zero-order valence-corrected chi connectivity index (χ0v) is 10.6. The first kappa shape index (κ1) is 13.7. The van der Waals surface area contributed by atoms with Crippen molar-refractivity contribution in [1.82, 2.24) is 20.6 Å². The Morgan fingerprint density at radius 2 is 2.15 bits per heavy atom. The van der Waals surface area contributed by atoms with Crippen LogP contribution in [-0.4, -0.2) is 46.6 Å². The molecule has 0 saturated carbocycles. The van der Waals surface area contributed by atoms with Crippen LogP contribution in [0.3, 0.4) is 0 Å². The summed E-state index contributed by atoms with van der Waals surface area (Å²) < 4.78 is 4.57. The fraction of sp³-hybridized carbons (Fsp3) is 0.364. The Labute approximate surface area is 112 Å². The minimum Gasteiger partial charge on any atom is -0.469 e. The normalized spacial score (nSPS) is 18.4. The number of carbonyl (C=O) groups excluding carboxylic acids is 3. The van der Waals surface area contributed by atoms with Crippen LogP contribution in [-0.2, 0) is 14.3 Å². The summed E-state index contributed by atoms with van der Waals surface area (Å²) in [6.45, 7) is -0.0158. The fourth-order valence-electron chi connectivity index (χ4n) is 1.81. The maximum absolute atomic E-state index is 12.1. The van der Waals surface area contributed by atoms with E-state index in [-0.39, 0.29) is 18.7 Å². The number of nitrogens with zero attached hydrogens (tertiary/aromatic N) is 2. The summed E-state index contributed by atoms with van der Waals surface area (Å²) in [4.78, 5) is 45.9. The predicted octanol–water partition coefficient (Wildman–Crippen LogP) is -1.56. The molecule has 1 aromatic rings. The lowest BCUT2D eigenvalue weighted by Crippen LogP contribution is -2.55. The van der Waals surface area contributed by atoms with Crippen molar-refractivity contribution in [3.63, 3.8) is 0 Å². The molecule has 1 aliphatic heterocycles. The Balaban J connectivity index is 2.16. The van der Waals surface area contributed by atoms with Gasteiger partial charge in [0.2, 0.25) is 5.91 Å². The number of aromatic amines is 1. The van der Waals surface area contributed by atoms with Crippen molar-refractivity contribution in [2.75, 3.05) is 13.7 Å². The minimum atomic E-state index is -0.722. The number of ether oxygens (including phenoxy) is 1. The summed E-state index contributed by atoms with van der Waals surface area (Å²) in [5.41, 5.74) is 1.85. The Kier molecular flexibility index (Phi) is 3.78. The van der Waals surface area contributed by atoms with Gasteiger partial charge in [0.15, 0.2) is 5.69 Å². The van der Waals surface area contributed by atoms with E-state index in [1.807, 2.05) is 0 Å². The molecule has 1 unspecified atom stereocenters. The van der Waals surface area contributed by atoms with E-state index in [1.54, 1.807) is 0 Å². The number of hydrogen-bond donors (Lipinski definition) is 2. The zero-order valence-electron chi connectivity index (χ0n) is 10.6. The first-order valence-electron chi connectivity index (χ1n) is 5.76. The van der Waals surface area contributed by atoms with Gasteiger partial charge in [-0.25, -0.2) is 10.1 Å². The monoisotopic (exact) mass is 280 g/mol. The summed E-state index contributed by atoms with van der Waals surface area (Å²) >= 11 is 0. The second-order valence-electron chi connectivity index (χ2n) is 4.18. The van der Waals surface area contributed by atoms with Crippen LogP contribution in [0.25, 0.3) is 0 Å². The molecular formula is C11H12N4O5. The molecule has 1 fully saturated rings. The highest BCUT2D eigenvalue weighted by Crippen LogP contribution is 2.14. The van der Waals surface area contributed by atoms with Crippen LogP contribution in [0.2, 0.25) is 0 Å². The lowest BCUT2D eigenvalue weighted by molar-refractivity contribution is -0.151. The number of amides is 2. The van der Waals surface area contributed by atoms with Gasteiger partial charge in [0.05, 0.1) is 19.6 Å². The van der Waals surface area contributed by atoms with Crippen LogP contribution in [0, 0.1) is 5.92 Å². The summed E-state index contributed by atoms with van der Waals surface area (Å²) in [5, 5.41) is 6.67. The van der Waals surface area contributed by atoms with E-state index in [0.717, 1.165) is 11.1 Å². The van der Waals surface area contributed by atoms with Crippen molar-refractivity contribution >= 4 is 17.8 Å². The number of esters is 1. The average Bonchev–Trinajstić information content (AvgIpc) is 2.45. The second-order valence-corrected chi connectivity index (χ2v) is 4.18. The highest BCUT2D eigenvalue weighted by Gasteiger charge is 2.34. The van der Waals surface area contributed by atoms with E-state index < -0.39 is 29.3 Å². The third-order valence-electron chi connectivity index (χ3n) is 2.77. The molecule has 0 aliphatic carbocycles. The van der Waals surface area contributed by atoms with Crippen molar-refractivity contribution in [2.24, 2.45) is 5.92 Å². The van der Waals surface area contributed by atoms with Crippen molar-refractivity contribution < 1.29 is 19.1 Å². The number of rotatable bonds is 2. The Morgan fingerprint density at radius 1 is 1.40 bits per heavy atom. The third kappa shape index (κ3) is 2.82. The predicted molar refractivity (Wildman–Crippen MR) is 64.2 cm³/mol. The molecule has 0 aromatic carbocycles. The van der Waals surface area contributed by atoms with Crippen LogP contribution in [0.15, 0.2) is 16.9 Å². The van der Waals surface area contributed by atoms with E-state index in [1.165, 1.54) is 13.2 Å². The number of hydrazine groups is 1. The molecule has 2 N–H and O–H groups in total. The molecule has 20 heavy (non-hydrogen) atoms. The van der Waals surface area contributed by atoms with Crippen LogP contribution in [0.4, 0.5) is 0 Å². The zero-order chi connectivity index (χ0) is 14.7. The molecule has 1 aromatic heterocycles. The third-order valence-corrected chi connectivity index (χ3v) is 2.77. The fourth-order valence-corrected chi connectivity index (χ4v) is 1.81. The Bertz CT molecular complexity index is 591. The molecule has 0 bridgehead atoms. The first-order valence-corrected chi connectivity index (χ1v) is 5.76. The van der Waals surface area contributed by atoms with E-state index in [0.29, 0.717) is 0 Å². The molecule has 0 radical (unpaired) electrons. The molecule has 0 spiro atoms. The summed E-state index contributed by atoms with van der Waals surface area (Å²) in [6, 6.07) is 2.37. The summed E-state index contributed by atoms with van der Waals surface area (Å²) in [6.07, 6.45) is -0.0461. The van der Waals surface area contributed by atoms with Gasteiger partial charge in [0.1, 0.15) is 0 Å². The topological polar surface area (TPSA) is 121 Å². The van der Waals surface area contributed by atoms with Gasteiger partial charge in [0, 0.05) is 12.5 Å². The molecular weight excluding hydrogens is 268 g/mol. The van der Waals surface area contributed by atoms with Crippen LogP contribution >= 0.6 is 0 Å². The van der Waals surface area contributed by atoms with Gasteiger partial charge in [-0.15, -0.1) is 0 Å². The van der Waals surface area contributed by atoms with Crippen LogP contribution in [0.1, 0.15) is 16.9 Å². The number of nitrogens with one attached hydrogen (secondary N) is 2. The molecule has 9 heteroatoms. The number of aromatic nitrogens is 2. The lowest BCUT2D eigenvalue weighted by atomic mass is 10.0. The van der Waals surface area contributed by atoms with Crippen LogP contribution in [0.5, 0.6) is 0 Å². The molecule has 106 valence electrons. The Hall–Kier alpha value is -2.71. The molecule has 2 heterocycles. The largest absolute Gasteiger partial charge is 0.469 e. The van der Waals surface area contributed by atoms with Crippen molar-refractivity contribution in [3.05, 3.63) is 28.2 Å². The van der Waals surface area contributed by atoms with Crippen molar-refractivity contribution in [2.45, 2.75) is 6.42 Å². The summed E-state index contributed by atoms with van der Waals surface area (Å²) in [7, 11) is 1.21. The molecule has 2 amide bonds. The minimum absolute atomic E-state index is 0.0158. The molecule has 1 saturated heterocycles. The SMILES string of the molecule is COC(=O)C1CC(=O)NN(C(=O)c2ccc(=O)[nH]n2)C1. The molecule has 9 nitrogen and oxygen atoms in total. The second kappa shape index (κ2) is 5.51. The van der Waals surface area contributed by atoms with Crippen LogP contribution < -0.4 is 11.0 Å². The van der Waals surface area contributed by atoms with E-state index in [4.69, 9.17) is 0 Å². The maximum Gasteiger partial charge on any atom is 0.311 e. The molecule has 2 rings (SSSR count). The maximum atomic E-state index is 12.1. The van der Waals surface area contributed by atoms with Crippen molar-refractivity contribution in [3.8, 4) is 0 Å². The van der Waals surface area contributed by atoms with Gasteiger partial charge in [-0.2, -0.15) is 5.10 Å². The van der Waals surface area contributed by atoms with E-state index in [2.05, 4.69) is 20.4 Å². The molecule has 1 aliphatic rings.